The Labute approximate surface area is 196 Å². The van der Waals surface area contributed by atoms with E-state index in [9.17, 15) is 4.79 Å². The predicted octanol–water partition coefficient (Wildman–Crippen LogP) is 2.81. The van der Waals surface area contributed by atoms with Crippen molar-refractivity contribution in [2.45, 2.75) is 25.4 Å². The van der Waals surface area contributed by atoms with Crippen LogP contribution in [0.15, 0.2) is 66.1 Å². The van der Waals surface area contributed by atoms with E-state index in [1.54, 1.807) is 34.2 Å². The van der Waals surface area contributed by atoms with Gasteiger partial charge in [0.15, 0.2) is 5.82 Å². The molecule has 4 heterocycles. The van der Waals surface area contributed by atoms with Gasteiger partial charge in [0.25, 0.3) is 0 Å². The normalized spacial score (nSPS) is 20.4. The summed E-state index contributed by atoms with van der Waals surface area (Å²) < 4.78 is 18.9. The van der Waals surface area contributed by atoms with Gasteiger partial charge in [-0.3, -0.25) is 9.48 Å². The number of nitrogens with zero attached hydrogens (tertiary/aromatic N) is 6. The highest BCUT2D eigenvalue weighted by Crippen LogP contribution is 2.38. The summed E-state index contributed by atoms with van der Waals surface area (Å²) in [4.78, 5) is 21.4. The van der Waals surface area contributed by atoms with Crippen LogP contribution in [0.5, 0.6) is 0 Å². The number of halogens is 1. The molecule has 1 fully saturated rings. The Morgan fingerprint density at radius 3 is 2.76 bits per heavy atom. The van der Waals surface area contributed by atoms with Crippen LogP contribution in [0.2, 0.25) is 0 Å². The van der Waals surface area contributed by atoms with Crippen LogP contribution < -0.4 is 10.7 Å². The lowest BCUT2D eigenvalue weighted by atomic mass is 9.80. The molecule has 0 radical (unpaired) electrons. The van der Waals surface area contributed by atoms with Gasteiger partial charge in [0.1, 0.15) is 17.1 Å². The van der Waals surface area contributed by atoms with Gasteiger partial charge >= 0.3 is 0 Å². The molecule has 0 spiro atoms. The molecule has 0 bridgehead atoms. The SMILES string of the molecule is C[C@H]1CNCC[C@@]1(F)c1cnc(-c2cccc(Cc3nn(-c4cnn(C)c4)ccc3=O)c2)nc1. The van der Waals surface area contributed by atoms with Crippen LogP contribution in [-0.4, -0.2) is 42.6 Å². The Bertz CT molecular complexity index is 1360. The Morgan fingerprint density at radius 2 is 2.03 bits per heavy atom. The molecule has 9 heteroatoms. The van der Waals surface area contributed by atoms with Crippen molar-refractivity contribution in [1.29, 1.82) is 0 Å². The fourth-order valence-corrected chi connectivity index (χ4v) is 4.37. The monoisotopic (exact) mass is 459 g/mol. The highest BCUT2D eigenvalue weighted by atomic mass is 19.1. The molecule has 2 atom stereocenters. The minimum absolute atomic E-state index is 0.129. The van der Waals surface area contributed by atoms with Crippen LogP contribution in [0.3, 0.4) is 0 Å². The average molecular weight is 460 g/mol. The van der Waals surface area contributed by atoms with Crippen molar-refractivity contribution in [3.63, 3.8) is 0 Å². The van der Waals surface area contributed by atoms with Crippen LogP contribution >= 0.6 is 0 Å². The summed E-state index contributed by atoms with van der Waals surface area (Å²) in [6.45, 7) is 3.18. The summed E-state index contributed by atoms with van der Waals surface area (Å²) in [7, 11) is 1.83. The number of hydrogen-bond acceptors (Lipinski definition) is 6. The van der Waals surface area contributed by atoms with E-state index in [4.69, 9.17) is 0 Å². The number of alkyl halides is 1. The first kappa shape index (κ1) is 22.1. The number of aryl methyl sites for hydroxylation is 1. The third-order valence-corrected chi connectivity index (χ3v) is 6.42. The van der Waals surface area contributed by atoms with Crippen LogP contribution in [0.4, 0.5) is 4.39 Å². The zero-order chi connectivity index (χ0) is 23.7. The predicted molar refractivity (Wildman–Crippen MR) is 126 cm³/mol. The van der Waals surface area contributed by atoms with E-state index in [2.05, 4.69) is 25.5 Å². The van der Waals surface area contributed by atoms with Gasteiger partial charge < -0.3 is 5.32 Å². The average Bonchev–Trinajstić information content (AvgIpc) is 3.29. The number of rotatable bonds is 5. The van der Waals surface area contributed by atoms with Gasteiger partial charge in [0.05, 0.1) is 12.4 Å². The summed E-state index contributed by atoms with van der Waals surface area (Å²) in [5.74, 6) is 0.373. The van der Waals surface area contributed by atoms with Gasteiger partial charge in [-0.2, -0.15) is 10.2 Å². The summed E-state index contributed by atoms with van der Waals surface area (Å²) in [5.41, 5.74) is 1.89. The molecular weight excluding hydrogens is 433 g/mol. The topological polar surface area (TPSA) is 90.5 Å². The minimum atomic E-state index is -1.42. The van der Waals surface area contributed by atoms with Crippen molar-refractivity contribution in [2.75, 3.05) is 13.1 Å². The first-order valence-electron chi connectivity index (χ1n) is 11.3. The number of nitrogens with one attached hydrogen (secondary N) is 1. The summed E-state index contributed by atoms with van der Waals surface area (Å²) >= 11 is 0. The van der Waals surface area contributed by atoms with Crippen molar-refractivity contribution in [3.05, 3.63) is 88.4 Å². The Balaban J connectivity index is 1.39. The van der Waals surface area contributed by atoms with Crippen molar-refractivity contribution >= 4 is 0 Å². The molecule has 0 aliphatic carbocycles. The fraction of sp³-hybridized carbons (Fsp3) is 0.320. The van der Waals surface area contributed by atoms with Gasteiger partial charge in [-0.25, -0.2) is 19.0 Å². The largest absolute Gasteiger partial charge is 0.316 e. The van der Waals surface area contributed by atoms with E-state index >= 15 is 4.39 Å². The first-order valence-corrected chi connectivity index (χ1v) is 11.3. The maximum Gasteiger partial charge on any atom is 0.203 e. The lowest BCUT2D eigenvalue weighted by molar-refractivity contribution is 0.0543. The molecule has 8 nitrogen and oxygen atoms in total. The molecule has 4 aromatic rings. The van der Waals surface area contributed by atoms with E-state index in [0.29, 0.717) is 43.0 Å². The zero-order valence-electron chi connectivity index (χ0n) is 19.1. The van der Waals surface area contributed by atoms with Crippen LogP contribution in [0.1, 0.15) is 30.2 Å². The van der Waals surface area contributed by atoms with Crippen LogP contribution in [0.25, 0.3) is 17.1 Å². The number of hydrogen-bond donors (Lipinski definition) is 1. The minimum Gasteiger partial charge on any atom is -0.316 e. The van der Waals surface area contributed by atoms with Crippen molar-refractivity contribution in [3.8, 4) is 17.1 Å². The van der Waals surface area contributed by atoms with E-state index in [1.807, 2.05) is 44.4 Å². The van der Waals surface area contributed by atoms with Crippen molar-refractivity contribution in [1.82, 2.24) is 34.8 Å². The van der Waals surface area contributed by atoms with Gasteiger partial charge in [-0.1, -0.05) is 25.1 Å². The number of aromatic nitrogens is 6. The van der Waals surface area contributed by atoms with Gasteiger partial charge in [-0.05, 0) is 24.6 Å². The van der Waals surface area contributed by atoms with E-state index in [0.717, 1.165) is 16.8 Å². The molecule has 174 valence electrons. The molecule has 5 rings (SSSR count). The standard InChI is InChI=1S/C25H26FN7O/c1-17-12-27-8-7-25(17,26)20-13-28-24(29-14-20)19-5-3-4-18(10-19)11-22-23(34)6-9-33(31-22)21-15-30-32(2)16-21/h3-6,9-10,13-17,27H,7-8,11-12H2,1-2H3/t17-,25-/m0/s1. The Kier molecular flexibility index (Phi) is 5.79. The molecule has 0 saturated carbocycles. The molecule has 1 aliphatic rings. The lowest BCUT2D eigenvalue weighted by Crippen LogP contribution is -2.44. The van der Waals surface area contributed by atoms with Crippen molar-refractivity contribution < 1.29 is 4.39 Å². The van der Waals surface area contributed by atoms with E-state index in [-0.39, 0.29) is 11.3 Å². The smallest absolute Gasteiger partial charge is 0.203 e. The molecular formula is C25H26FN7O. The van der Waals surface area contributed by atoms with Gasteiger partial charge in [0.2, 0.25) is 5.43 Å². The van der Waals surface area contributed by atoms with Crippen LogP contribution in [0, 0.1) is 5.92 Å². The van der Waals surface area contributed by atoms with Gasteiger partial charge in [0, 0.05) is 61.7 Å². The summed E-state index contributed by atoms with van der Waals surface area (Å²) in [6, 6.07) is 9.19. The van der Waals surface area contributed by atoms with E-state index < -0.39 is 5.67 Å². The third kappa shape index (κ3) is 4.26. The highest BCUT2D eigenvalue weighted by Gasteiger charge is 2.40. The van der Waals surface area contributed by atoms with Gasteiger partial charge in [-0.15, -0.1) is 0 Å². The molecule has 0 unspecified atom stereocenters. The zero-order valence-corrected chi connectivity index (χ0v) is 19.1. The number of benzene rings is 1. The molecule has 3 aromatic heterocycles. The summed E-state index contributed by atoms with van der Waals surface area (Å²) in [6.07, 6.45) is 9.13. The van der Waals surface area contributed by atoms with E-state index in [1.165, 1.54) is 6.07 Å². The highest BCUT2D eigenvalue weighted by molar-refractivity contribution is 5.56. The second-order valence-electron chi connectivity index (χ2n) is 8.83. The first-order chi connectivity index (χ1) is 16.4. The number of piperidine rings is 1. The second kappa shape index (κ2) is 8.90. The quantitative estimate of drug-likeness (QED) is 0.494. The Morgan fingerprint density at radius 1 is 1.21 bits per heavy atom. The maximum atomic E-state index is 15.6. The third-order valence-electron chi connectivity index (χ3n) is 6.42. The molecule has 1 saturated heterocycles. The van der Waals surface area contributed by atoms with Crippen LogP contribution in [-0.2, 0) is 19.1 Å². The summed E-state index contributed by atoms with van der Waals surface area (Å²) in [5, 5.41) is 11.9. The molecule has 0 amide bonds. The van der Waals surface area contributed by atoms with Crippen molar-refractivity contribution in [2.24, 2.45) is 13.0 Å². The Hall–Kier alpha value is -3.72. The molecule has 34 heavy (non-hydrogen) atoms. The molecule has 1 aliphatic heterocycles. The second-order valence-corrected chi connectivity index (χ2v) is 8.83. The molecule has 1 N–H and O–H groups in total. The lowest BCUT2D eigenvalue weighted by Gasteiger charge is -2.36. The molecule has 1 aromatic carbocycles. The fourth-order valence-electron chi connectivity index (χ4n) is 4.37. The maximum absolute atomic E-state index is 15.6.